The molecular weight excluding hydrogens is 290 g/mol. The van der Waals surface area contributed by atoms with Gasteiger partial charge in [0.05, 0.1) is 18.0 Å². The molecule has 21 heavy (non-hydrogen) atoms. The molecule has 0 aliphatic heterocycles. The highest BCUT2D eigenvalue weighted by Crippen LogP contribution is 2.25. The molecule has 0 aliphatic rings. The van der Waals surface area contributed by atoms with Crippen molar-refractivity contribution in [2.45, 2.75) is 52.2 Å². The number of fused-ring (bicyclic) bond motifs is 1. The summed E-state index contributed by atoms with van der Waals surface area (Å²) in [4.78, 5) is 19.9. The van der Waals surface area contributed by atoms with E-state index >= 15 is 0 Å². The summed E-state index contributed by atoms with van der Waals surface area (Å²) in [6, 6.07) is 0. The predicted molar refractivity (Wildman–Crippen MR) is 82.4 cm³/mol. The number of aliphatic hydroxyl groups excluding tert-OH is 1. The van der Waals surface area contributed by atoms with Gasteiger partial charge in [0.1, 0.15) is 22.9 Å². The van der Waals surface area contributed by atoms with Crippen molar-refractivity contribution >= 4 is 28.4 Å². The summed E-state index contributed by atoms with van der Waals surface area (Å²) < 4.78 is 1.83. The first-order chi connectivity index (χ1) is 10.0. The molecule has 0 fully saturated rings. The van der Waals surface area contributed by atoms with Gasteiger partial charge in [-0.2, -0.15) is 0 Å². The quantitative estimate of drug-likeness (QED) is 0.799. The summed E-state index contributed by atoms with van der Waals surface area (Å²) in [7, 11) is 0. The van der Waals surface area contributed by atoms with Crippen molar-refractivity contribution in [3.05, 3.63) is 23.2 Å². The lowest BCUT2D eigenvalue weighted by molar-refractivity contribution is -0.121. The minimum absolute atomic E-state index is 0.102. The van der Waals surface area contributed by atoms with E-state index in [2.05, 4.69) is 9.97 Å². The Morgan fingerprint density at radius 1 is 1.48 bits per heavy atom. The molecule has 0 saturated heterocycles. The number of Topliss-reactive ketones (excluding diaryl/α,β-unsaturated/α-hetero) is 1. The third kappa shape index (κ3) is 3.80. The van der Waals surface area contributed by atoms with Gasteiger partial charge >= 0.3 is 0 Å². The molecule has 0 spiro atoms. The van der Waals surface area contributed by atoms with Crippen molar-refractivity contribution in [3.8, 4) is 0 Å². The Kier molecular flexibility index (Phi) is 5.31. The third-order valence-electron chi connectivity index (χ3n) is 3.48. The molecule has 2 rings (SSSR count). The van der Waals surface area contributed by atoms with Crippen molar-refractivity contribution in [2.75, 3.05) is 0 Å². The standard InChI is InChI=1S/C15H20ClN3O2/c1-3-4-5-11(20)6-12(21)8-19-7-10(2)13-14(16)17-9-18-15(13)19/h7,9,12,21H,3-6,8H2,1-2H3. The van der Waals surface area contributed by atoms with Crippen molar-refractivity contribution < 1.29 is 9.90 Å². The highest BCUT2D eigenvalue weighted by atomic mass is 35.5. The molecule has 5 nitrogen and oxygen atoms in total. The number of hydrogen-bond donors (Lipinski definition) is 1. The second-order valence-electron chi connectivity index (χ2n) is 5.33. The predicted octanol–water partition coefficient (Wildman–Crippen LogP) is 2.90. The van der Waals surface area contributed by atoms with Gasteiger partial charge in [-0.05, 0) is 18.9 Å². The van der Waals surface area contributed by atoms with Crippen LogP contribution in [0.2, 0.25) is 5.15 Å². The van der Waals surface area contributed by atoms with E-state index in [1.807, 2.05) is 24.6 Å². The first-order valence-electron chi connectivity index (χ1n) is 7.18. The summed E-state index contributed by atoms with van der Waals surface area (Å²) in [6.07, 6.45) is 5.14. The molecule has 0 aromatic carbocycles. The minimum atomic E-state index is -0.710. The van der Waals surface area contributed by atoms with E-state index < -0.39 is 6.10 Å². The van der Waals surface area contributed by atoms with E-state index in [9.17, 15) is 9.90 Å². The maximum absolute atomic E-state index is 11.7. The average molecular weight is 310 g/mol. The van der Waals surface area contributed by atoms with Gasteiger partial charge in [0.15, 0.2) is 0 Å². The van der Waals surface area contributed by atoms with Crippen molar-refractivity contribution in [3.63, 3.8) is 0 Å². The minimum Gasteiger partial charge on any atom is -0.391 e. The van der Waals surface area contributed by atoms with E-state index in [0.717, 1.165) is 23.8 Å². The fourth-order valence-corrected chi connectivity index (χ4v) is 2.72. The molecule has 2 heterocycles. The van der Waals surface area contributed by atoms with Crippen LogP contribution in [-0.2, 0) is 11.3 Å². The Balaban J connectivity index is 2.10. The summed E-state index contributed by atoms with van der Waals surface area (Å²) in [5, 5.41) is 11.3. The van der Waals surface area contributed by atoms with Crippen molar-refractivity contribution in [1.82, 2.24) is 14.5 Å². The van der Waals surface area contributed by atoms with Gasteiger partial charge in [0, 0.05) is 19.0 Å². The highest BCUT2D eigenvalue weighted by Gasteiger charge is 2.15. The lowest BCUT2D eigenvalue weighted by Crippen LogP contribution is -2.19. The van der Waals surface area contributed by atoms with Gasteiger partial charge in [0.2, 0.25) is 0 Å². The van der Waals surface area contributed by atoms with Crippen molar-refractivity contribution in [2.24, 2.45) is 0 Å². The van der Waals surface area contributed by atoms with E-state index in [-0.39, 0.29) is 12.2 Å². The van der Waals surface area contributed by atoms with Crippen LogP contribution in [0.25, 0.3) is 11.0 Å². The van der Waals surface area contributed by atoms with Crippen LogP contribution in [-0.4, -0.2) is 31.5 Å². The van der Waals surface area contributed by atoms with Crippen LogP contribution in [0.4, 0.5) is 0 Å². The van der Waals surface area contributed by atoms with Crippen LogP contribution in [0, 0.1) is 6.92 Å². The monoisotopic (exact) mass is 309 g/mol. The van der Waals surface area contributed by atoms with Gasteiger partial charge in [0.25, 0.3) is 0 Å². The molecule has 0 radical (unpaired) electrons. The zero-order valence-corrected chi connectivity index (χ0v) is 13.1. The zero-order valence-electron chi connectivity index (χ0n) is 12.3. The van der Waals surface area contributed by atoms with Crippen LogP contribution in [0.1, 0.15) is 38.2 Å². The van der Waals surface area contributed by atoms with Crippen molar-refractivity contribution in [1.29, 1.82) is 0 Å². The molecule has 1 atom stereocenters. The van der Waals surface area contributed by atoms with Gasteiger partial charge in [-0.25, -0.2) is 9.97 Å². The molecule has 0 saturated carbocycles. The molecule has 2 aromatic heterocycles. The number of unbranched alkanes of at least 4 members (excludes halogenated alkanes) is 1. The Morgan fingerprint density at radius 2 is 2.24 bits per heavy atom. The topological polar surface area (TPSA) is 68.0 Å². The fourth-order valence-electron chi connectivity index (χ4n) is 2.44. The average Bonchev–Trinajstić information content (AvgIpc) is 2.74. The Labute approximate surface area is 129 Å². The van der Waals surface area contributed by atoms with Crippen LogP contribution in [0.3, 0.4) is 0 Å². The second-order valence-corrected chi connectivity index (χ2v) is 5.69. The first-order valence-corrected chi connectivity index (χ1v) is 7.56. The molecule has 0 aliphatic carbocycles. The van der Waals surface area contributed by atoms with Gasteiger partial charge in [-0.1, -0.05) is 24.9 Å². The number of carbonyl (C=O) groups excluding carboxylic acids is 1. The maximum atomic E-state index is 11.7. The number of carbonyl (C=O) groups is 1. The van der Waals surface area contributed by atoms with Crippen LogP contribution < -0.4 is 0 Å². The molecule has 2 aromatic rings. The summed E-state index contributed by atoms with van der Waals surface area (Å²) in [6.45, 7) is 4.30. The number of aromatic nitrogens is 3. The summed E-state index contributed by atoms with van der Waals surface area (Å²) >= 11 is 6.07. The van der Waals surface area contributed by atoms with Gasteiger partial charge < -0.3 is 9.67 Å². The largest absolute Gasteiger partial charge is 0.391 e. The summed E-state index contributed by atoms with van der Waals surface area (Å²) in [5.74, 6) is 0.102. The SMILES string of the molecule is CCCCC(=O)CC(O)Cn1cc(C)c2c(Cl)ncnc21. The Bertz CT molecular complexity index is 639. The number of nitrogens with zero attached hydrogens (tertiary/aromatic N) is 3. The van der Waals surface area contributed by atoms with E-state index in [0.29, 0.717) is 23.8 Å². The molecule has 1 unspecified atom stereocenters. The number of ketones is 1. The van der Waals surface area contributed by atoms with Gasteiger partial charge in [-0.3, -0.25) is 4.79 Å². The maximum Gasteiger partial charge on any atom is 0.145 e. The number of aryl methyl sites for hydroxylation is 1. The Morgan fingerprint density at radius 3 is 2.95 bits per heavy atom. The lowest BCUT2D eigenvalue weighted by Gasteiger charge is -2.11. The molecule has 0 amide bonds. The molecule has 1 N–H and O–H groups in total. The summed E-state index contributed by atoms with van der Waals surface area (Å²) in [5.41, 5.74) is 1.65. The number of rotatable bonds is 7. The van der Waals surface area contributed by atoms with Crippen LogP contribution >= 0.6 is 11.6 Å². The fraction of sp³-hybridized carbons (Fsp3) is 0.533. The van der Waals surface area contributed by atoms with Gasteiger partial charge in [-0.15, -0.1) is 0 Å². The number of halogens is 1. The molecule has 6 heteroatoms. The van der Waals surface area contributed by atoms with E-state index in [4.69, 9.17) is 11.6 Å². The molecule has 0 bridgehead atoms. The van der Waals surface area contributed by atoms with Crippen LogP contribution in [0.15, 0.2) is 12.5 Å². The lowest BCUT2D eigenvalue weighted by atomic mass is 10.1. The van der Waals surface area contributed by atoms with E-state index in [1.165, 1.54) is 6.33 Å². The zero-order chi connectivity index (χ0) is 15.4. The number of aliphatic hydroxyl groups is 1. The second kappa shape index (κ2) is 7.00. The smallest absolute Gasteiger partial charge is 0.145 e. The normalized spacial score (nSPS) is 12.8. The van der Waals surface area contributed by atoms with Crippen LogP contribution in [0.5, 0.6) is 0 Å². The first kappa shape index (κ1) is 15.9. The van der Waals surface area contributed by atoms with E-state index in [1.54, 1.807) is 0 Å². The molecule has 114 valence electrons. The Hall–Kier alpha value is -1.46. The molecular formula is C15H20ClN3O2. The number of hydrogen-bond acceptors (Lipinski definition) is 4. The highest BCUT2D eigenvalue weighted by molar-refractivity contribution is 6.34. The third-order valence-corrected chi connectivity index (χ3v) is 3.76.